The summed E-state index contributed by atoms with van der Waals surface area (Å²) >= 11 is 12.6. The average Bonchev–Trinajstić information content (AvgIpc) is 3.52. The molecule has 4 aromatic rings. The minimum atomic E-state index is -0.360. The molecule has 1 atom stereocenters. The van der Waals surface area contributed by atoms with Crippen LogP contribution in [0.4, 0.5) is 5.82 Å². The van der Waals surface area contributed by atoms with Crippen molar-refractivity contribution in [3.63, 3.8) is 0 Å². The molecule has 11 nitrogen and oxygen atoms in total. The molecule has 0 aliphatic carbocycles. The van der Waals surface area contributed by atoms with Gasteiger partial charge in [0, 0.05) is 63.5 Å². The summed E-state index contributed by atoms with van der Waals surface area (Å²) in [4.78, 5) is 47.3. The zero-order valence-corrected chi connectivity index (χ0v) is 23.8. The van der Waals surface area contributed by atoms with E-state index < -0.39 is 0 Å². The molecular weight excluding hydrogens is 567 g/mol. The molecule has 1 unspecified atom stereocenters. The topological polar surface area (TPSA) is 118 Å². The first kappa shape index (κ1) is 28.3. The van der Waals surface area contributed by atoms with E-state index in [9.17, 15) is 9.59 Å². The number of piperazine rings is 1. The molecule has 0 bridgehead atoms. The highest BCUT2D eigenvalue weighted by molar-refractivity contribution is 6.32. The second-order valence-electron chi connectivity index (χ2n) is 9.43. The van der Waals surface area contributed by atoms with Gasteiger partial charge in [-0.25, -0.2) is 9.97 Å². The standard InChI is InChI=1S/C28H28Cl2N8O3/c1-41-23-5-4-19(13-22(23)29)6-8-33-26(39)14-21-17-36(27(40)20-3-2-7-31-16-20)11-12-38(21)25-15-24(30)34-28(35-25)37-10-9-32-18-37/h2-5,7,9-10,13,15-16,18,21H,6,8,11-12,14,17H2,1H3,(H,33,39). The molecule has 0 radical (unpaired) electrons. The number of halogens is 2. The van der Waals surface area contributed by atoms with Crippen LogP contribution in [0.5, 0.6) is 5.75 Å². The number of amides is 2. The van der Waals surface area contributed by atoms with E-state index in [2.05, 4.69) is 20.3 Å². The first-order chi connectivity index (χ1) is 19.9. The average molecular weight is 595 g/mol. The Labute approximate surface area is 247 Å². The van der Waals surface area contributed by atoms with Crippen molar-refractivity contribution in [3.05, 3.63) is 88.8 Å². The summed E-state index contributed by atoms with van der Waals surface area (Å²) in [5.41, 5.74) is 1.47. The van der Waals surface area contributed by atoms with Crippen LogP contribution < -0.4 is 15.0 Å². The van der Waals surface area contributed by atoms with E-state index in [1.54, 1.807) is 72.0 Å². The number of pyridine rings is 1. The summed E-state index contributed by atoms with van der Waals surface area (Å²) in [5, 5.41) is 3.77. The Morgan fingerprint density at radius 2 is 1.98 bits per heavy atom. The van der Waals surface area contributed by atoms with Crippen LogP contribution in [-0.2, 0) is 11.2 Å². The molecular formula is C28H28Cl2N8O3. The summed E-state index contributed by atoms with van der Waals surface area (Å²) in [6.45, 7) is 1.63. The van der Waals surface area contributed by atoms with Gasteiger partial charge >= 0.3 is 0 Å². The van der Waals surface area contributed by atoms with Gasteiger partial charge in [0.2, 0.25) is 11.9 Å². The van der Waals surface area contributed by atoms with E-state index in [1.807, 2.05) is 17.0 Å². The highest BCUT2D eigenvalue weighted by Crippen LogP contribution is 2.26. The number of carbonyl (C=O) groups excluding carboxylic acids is 2. The number of carbonyl (C=O) groups is 2. The summed E-state index contributed by atoms with van der Waals surface area (Å²) in [5.74, 6) is 1.24. The Morgan fingerprint density at radius 1 is 1.10 bits per heavy atom. The van der Waals surface area contributed by atoms with E-state index in [0.29, 0.717) is 60.7 Å². The number of anilines is 1. The molecule has 41 heavy (non-hydrogen) atoms. The fraction of sp³-hybridized carbons (Fsp3) is 0.286. The molecule has 0 spiro atoms. The van der Waals surface area contributed by atoms with Gasteiger partial charge in [0.15, 0.2) is 0 Å². The maximum Gasteiger partial charge on any atom is 0.255 e. The SMILES string of the molecule is COc1ccc(CCNC(=O)CC2CN(C(=O)c3cccnc3)CCN2c2cc(Cl)nc(-n3ccnc3)n2)cc1Cl. The van der Waals surface area contributed by atoms with Crippen LogP contribution in [-0.4, -0.2) is 80.5 Å². The number of methoxy groups -OCH3 is 1. The Balaban J connectivity index is 1.32. The van der Waals surface area contributed by atoms with Gasteiger partial charge in [0.1, 0.15) is 23.0 Å². The Bertz CT molecular complexity index is 1500. The van der Waals surface area contributed by atoms with E-state index in [1.165, 1.54) is 0 Å². The lowest BCUT2D eigenvalue weighted by molar-refractivity contribution is -0.121. The largest absolute Gasteiger partial charge is 0.495 e. The Kier molecular flexibility index (Phi) is 8.95. The van der Waals surface area contributed by atoms with Gasteiger partial charge in [-0.15, -0.1) is 0 Å². The monoisotopic (exact) mass is 594 g/mol. The van der Waals surface area contributed by atoms with Crippen LogP contribution in [0, 0.1) is 0 Å². The van der Waals surface area contributed by atoms with Crippen LogP contribution in [0.1, 0.15) is 22.3 Å². The van der Waals surface area contributed by atoms with Crippen LogP contribution >= 0.6 is 23.2 Å². The summed E-state index contributed by atoms with van der Waals surface area (Å²) in [6.07, 6.45) is 8.84. The lowest BCUT2D eigenvalue weighted by atomic mass is 10.1. The molecule has 2 amide bonds. The van der Waals surface area contributed by atoms with Gasteiger partial charge in [-0.2, -0.15) is 4.98 Å². The smallest absolute Gasteiger partial charge is 0.255 e. The fourth-order valence-corrected chi connectivity index (χ4v) is 5.17. The van der Waals surface area contributed by atoms with Gasteiger partial charge in [-0.1, -0.05) is 29.3 Å². The van der Waals surface area contributed by atoms with Gasteiger partial charge < -0.3 is 19.9 Å². The lowest BCUT2D eigenvalue weighted by Gasteiger charge is -2.42. The number of benzene rings is 1. The number of nitrogens with zero attached hydrogens (tertiary/aromatic N) is 7. The molecule has 3 aromatic heterocycles. The van der Waals surface area contributed by atoms with E-state index >= 15 is 0 Å². The van der Waals surface area contributed by atoms with Crippen molar-refractivity contribution in [2.45, 2.75) is 18.9 Å². The summed E-state index contributed by atoms with van der Waals surface area (Å²) in [6, 6.07) is 10.3. The molecule has 13 heteroatoms. The van der Waals surface area contributed by atoms with Crippen molar-refractivity contribution in [3.8, 4) is 11.7 Å². The Hall–Kier alpha value is -4.22. The molecule has 1 aliphatic rings. The third-order valence-corrected chi connectivity index (χ3v) is 7.24. The molecule has 4 heterocycles. The van der Waals surface area contributed by atoms with Gasteiger partial charge in [0.05, 0.1) is 23.7 Å². The lowest BCUT2D eigenvalue weighted by Crippen LogP contribution is -2.56. The number of imidazole rings is 1. The molecule has 1 fully saturated rings. The fourth-order valence-electron chi connectivity index (χ4n) is 4.72. The van der Waals surface area contributed by atoms with E-state index in [-0.39, 0.29) is 29.4 Å². The van der Waals surface area contributed by atoms with E-state index in [0.717, 1.165) is 5.56 Å². The van der Waals surface area contributed by atoms with Crippen molar-refractivity contribution in [2.24, 2.45) is 0 Å². The Morgan fingerprint density at radius 3 is 2.71 bits per heavy atom. The molecule has 1 aromatic carbocycles. The number of ether oxygens (including phenoxy) is 1. The maximum absolute atomic E-state index is 13.2. The molecule has 0 saturated carbocycles. The number of hydrogen-bond donors (Lipinski definition) is 1. The van der Waals surface area contributed by atoms with Crippen LogP contribution in [0.15, 0.2) is 67.5 Å². The van der Waals surface area contributed by atoms with Gasteiger partial charge in [-0.05, 0) is 36.2 Å². The predicted molar refractivity (Wildman–Crippen MR) is 155 cm³/mol. The summed E-state index contributed by atoms with van der Waals surface area (Å²) < 4.78 is 6.86. The van der Waals surface area contributed by atoms with Crippen molar-refractivity contribution < 1.29 is 14.3 Å². The predicted octanol–water partition coefficient (Wildman–Crippen LogP) is 3.45. The maximum atomic E-state index is 13.2. The zero-order valence-electron chi connectivity index (χ0n) is 22.3. The number of nitrogens with one attached hydrogen (secondary N) is 1. The second kappa shape index (κ2) is 13.0. The number of hydrogen-bond acceptors (Lipinski definition) is 8. The molecule has 5 rings (SSSR count). The first-order valence-electron chi connectivity index (χ1n) is 13.0. The highest BCUT2D eigenvalue weighted by Gasteiger charge is 2.33. The minimum Gasteiger partial charge on any atom is -0.495 e. The molecule has 1 saturated heterocycles. The molecule has 212 valence electrons. The normalized spacial score (nSPS) is 15.0. The summed E-state index contributed by atoms with van der Waals surface area (Å²) in [7, 11) is 1.56. The number of aromatic nitrogens is 5. The van der Waals surface area contributed by atoms with Gasteiger partial charge in [-0.3, -0.25) is 19.1 Å². The highest BCUT2D eigenvalue weighted by atomic mass is 35.5. The van der Waals surface area contributed by atoms with Crippen molar-refractivity contribution in [1.29, 1.82) is 0 Å². The second-order valence-corrected chi connectivity index (χ2v) is 10.2. The number of rotatable bonds is 9. The molecule has 1 N–H and O–H groups in total. The van der Waals surface area contributed by atoms with Crippen molar-refractivity contribution in [2.75, 3.05) is 38.2 Å². The third-order valence-electron chi connectivity index (χ3n) is 6.75. The first-order valence-corrected chi connectivity index (χ1v) is 13.7. The third kappa shape index (κ3) is 6.93. The van der Waals surface area contributed by atoms with E-state index in [4.69, 9.17) is 32.9 Å². The van der Waals surface area contributed by atoms with Crippen LogP contribution in [0.25, 0.3) is 5.95 Å². The van der Waals surface area contributed by atoms with Crippen molar-refractivity contribution in [1.82, 2.24) is 34.7 Å². The quantitative estimate of drug-likeness (QED) is 0.293. The van der Waals surface area contributed by atoms with Gasteiger partial charge in [0.25, 0.3) is 5.91 Å². The van der Waals surface area contributed by atoms with Crippen LogP contribution in [0.3, 0.4) is 0 Å². The van der Waals surface area contributed by atoms with Crippen LogP contribution in [0.2, 0.25) is 10.2 Å². The minimum absolute atomic E-state index is 0.139. The zero-order chi connectivity index (χ0) is 28.8. The molecule has 1 aliphatic heterocycles. The van der Waals surface area contributed by atoms with Crippen molar-refractivity contribution >= 4 is 40.8 Å².